The highest BCUT2D eigenvalue weighted by atomic mass is 16.2. The van der Waals surface area contributed by atoms with Gasteiger partial charge in [0, 0.05) is 19.8 Å². The number of anilines is 1. The van der Waals surface area contributed by atoms with Gasteiger partial charge in [-0.1, -0.05) is 30.3 Å². The van der Waals surface area contributed by atoms with Gasteiger partial charge in [-0.25, -0.2) is 0 Å². The number of nitrogens with one attached hydrogen (secondary N) is 4. The largest absolute Gasteiger partial charge is 0.354 e. The number of likely N-dealkylation sites (N-methyl/N-ethyl adjacent to an activating group) is 1. The van der Waals surface area contributed by atoms with Gasteiger partial charge in [0.15, 0.2) is 5.82 Å². The van der Waals surface area contributed by atoms with Crippen molar-refractivity contribution in [2.24, 2.45) is 0 Å². The molecule has 0 atom stereocenters. The van der Waals surface area contributed by atoms with Gasteiger partial charge in [-0.2, -0.15) is 5.10 Å². The number of rotatable bonds is 9. The summed E-state index contributed by atoms with van der Waals surface area (Å²) in [6.07, 6.45) is 4.68. The maximum atomic E-state index is 12.1. The van der Waals surface area contributed by atoms with Crippen molar-refractivity contribution in [3.8, 4) is 0 Å². The molecule has 2 aromatic rings. The summed E-state index contributed by atoms with van der Waals surface area (Å²) >= 11 is 0. The number of aromatic nitrogens is 2. The Balaban J connectivity index is 1.37. The van der Waals surface area contributed by atoms with Gasteiger partial charge in [-0.3, -0.25) is 20.0 Å². The highest BCUT2D eigenvalue weighted by molar-refractivity contribution is 5.92. The normalized spacial score (nSPS) is 12.9. The van der Waals surface area contributed by atoms with E-state index >= 15 is 0 Å². The summed E-state index contributed by atoms with van der Waals surface area (Å²) in [4.78, 5) is 23.6. The lowest BCUT2D eigenvalue weighted by Crippen LogP contribution is -2.39. The minimum atomic E-state index is -0.161. The molecule has 0 unspecified atom stereocenters. The topological polar surface area (TPSA) is 111 Å². The molecular formula is C20H25N7O2. The van der Waals surface area contributed by atoms with Crippen LogP contribution < -0.4 is 21.6 Å². The number of carbonyl (C=O) groups excluding carboxylic acids is 2. The van der Waals surface area contributed by atoms with Crippen molar-refractivity contribution in [3.63, 3.8) is 0 Å². The summed E-state index contributed by atoms with van der Waals surface area (Å²) in [5.74, 6) is 0.175. The van der Waals surface area contributed by atoms with E-state index in [0.717, 1.165) is 37.1 Å². The van der Waals surface area contributed by atoms with Crippen molar-refractivity contribution in [2.45, 2.75) is 25.7 Å². The van der Waals surface area contributed by atoms with Crippen LogP contribution in [0.5, 0.6) is 0 Å². The van der Waals surface area contributed by atoms with Gasteiger partial charge in [0.25, 0.3) is 5.91 Å². The van der Waals surface area contributed by atoms with E-state index in [-0.39, 0.29) is 11.8 Å². The van der Waals surface area contributed by atoms with Crippen LogP contribution in [0.3, 0.4) is 0 Å². The second kappa shape index (κ2) is 10.2. The first-order chi connectivity index (χ1) is 14.1. The van der Waals surface area contributed by atoms with Crippen LogP contribution in [0.25, 0.3) is 0 Å². The van der Waals surface area contributed by atoms with Crippen LogP contribution in [-0.2, 0) is 22.4 Å². The second-order valence-electron chi connectivity index (χ2n) is 6.63. The van der Waals surface area contributed by atoms with E-state index < -0.39 is 0 Å². The molecule has 2 amide bonds. The number of hydrogen-bond acceptors (Lipinski definition) is 7. The molecule has 1 aliphatic rings. The molecular weight excluding hydrogens is 370 g/mol. The van der Waals surface area contributed by atoms with Crippen LogP contribution in [0.15, 0.2) is 54.4 Å². The fourth-order valence-corrected chi connectivity index (χ4v) is 2.84. The Labute approximate surface area is 169 Å². The number of hydrazine groups is 2. The summed E-state index contributed by atoms with van der Waals surface area (Å²) in [6.45, 7) is 0.758. The van der Waals surface area contributed by atoms with E-state index in [2.05, 4.69) is 31.8 Å². The number of benzene rings is 1. The number of nitrogens with zero attached hydrogens (tertiary/aromatic N) is 3. The van der Waals surface area contributed by atoms with Gasteiger partial charge in [-0.05, 0) is 37.0 Å². The molecule has 2 heterocycles. The molecule has 0 saturated heterocycles. The molecule has 1 aliphatic heterocycles. The van der Waals surface area contributed by atoms with Gasteiger partial charge >= 0.3 is 0 Å². The second-order valence-corrected chi connectivity index (χ2v) is 6.63. The van der Waals surface area contributed by atoms with Crippen LogP contribution >= 0.6 is 0 Å². The first kappa shape index (κ1) is 20.3. The number of carbonyl (C=O) groups is 2. The molecule has 0 fully saturated rings. The molecule has 0 radical (unpaired) electrons. The van der Waals surface area contributed by atoms with Gasteiger partial charge in [0.1, 0.15) is 5.70 Å². The first-order valence-corrected chi connectivity index (χ1v) is 9.52. The van der Waals surface area contributed by atoms with Gasteiger partial charge in [0.05, 0.1) is 12.1 Å². The Bertz CT molecular complexity index is 853. The Morgan fingerprint density at radius 3 is 2.62 bits per heavy atom. The fraction of sp³-hybridized carbons (Fsp3) is 0.300. The van der Waals surface area contributed by atoms with E-state index in [1.807, 2.05) is 41.4 Å². The van der Waals surface area contributed by atoms with E-state index in [0.29, 0.717) is 17.9 Å². The summed E-state index contributed by atoms with van der Waals surface area (Å²) in [6, 6.07) is 13.2. The standard InChI is InChI=1S/C20H25N7O2/c1-21-20(29)17-14-27(26-24-17)12-6-5-9-16-10-11-18(25-23-16)22-19(28)13-15-7-3-2-4-8-15/h2-4,7-8,10-11,14,24,26H,5-6,9,12-13H2,1H3,(H,21,29)(H,22,25,28). The van der Waals surface area contributed by atoms with Crippen molar-refractivity contribution < 1.29 is 9.59 Å². The maximum absolute atomic E-state index is 12.1. The predicted molar refractivity (Wildman–Crippen MR) is 109 cm³/mol. The maximum Gasteiger partial charge on any atom is 0.270 e. The van der Waals surface area contributed by atoms with Crippen LogP contribution in [0, 0.1) is 0 Å². The molecule has 3 rings (SSSR count). The van der Waals surface area contributed by atoms with Crippen LogP contribution in [-0.4, -0.2) is 40.6 Å². The first-order valence-electron chi connectivity index (χ1n) is 9.52. The van der Waals surface area contributed by atoms with Crippen molar-refractivity contribution in [1.82, 2.24) is 31.5 Å². The molecule has 152 valence electrons. The zero-order valence-electron chi connectivity index (χ0n) is 16.3. The summed E-state index contributed by atoms with van der Waals surface area (Å²) < 4.78 is 0. The summed E-state index contributed by atoms with van der Waals surface area (Å²) in [7, 11) is 1.59. The molecule has 1 aromatic carbocycles. The van der Waals surface area contributed by atoms with Crippen molar-refractivity contribution >= 4 is 17.6 Å². The average Bonchev–Trinajstić information content (AvgIpc) is 3.21. The molecule has 0 bridgehead atoms. The number of amides is 2. The molecule has 9 heteroatoms. The molecule has 0 spiro atoms. The van der Waals surface area contributed by atoms with E-state index in [1.165, 1.54) is 0 Å². The fourth-order valence-electron chi connectivity index (χ4n) is 2.84. The molecule has 29 heavy (non-hydrogen) atoms. The Hall–Kier alpha value is -3.46. The molecule has 1 aromatic heterocycles. The number of unbranched alkanes of at least 4 members (excludes halogenated alkanes) is 1. The lowest BCUT2D eigenvalue weighted by molar-refractivity contribution is -0.117. The summed E-state index contributed by atoms with van der Waals surface area (Å²) in [5.41, 5.74) is 8.06. The number of aryl methyl sites for hydroxylation is 1. The lowest BCUT2D eigenvalue weighted by atomic mass is 10.1. The third-order valence-electron chi connectivity index (χ3n) is 4.37. The molecule has 0 saturated carbocycles. The Morgan fingerprint density at radius 1 is 1.07 bits per heavy atom. The zero-order chi connectivity index (χ0) is 20.5. The highest BCUT2D eigenvalue weighted by Crippen LogP contribution is 2.08. The third kappa shape index (κ3) is 6.28. The van der Waals surface area contributed by atoms with Gasteiger partial charge < -0.3 is 10.6 Å². The van der Waals surface area contributed by atoms with Gasteiger partial charge in [0.2, 0.25) is 5.91 Å². The average molecular weight is 395 g/mol. The number of hydrogen-bond donors (Lipinski definition) is 4. The molecule has 9 nitrogen and oxygen atoms in total. The zero-order valence-corrected chi connectivity index (χ0v) is 16.3. The van der Waals surface area contributed by atoms with Crippen molar-refractivity contribution in [2.75, 3.05) is 18.9 Å². The SMILES string of the molecule is CNC(=O)C1=CN(CCCCc2ccc(NC(=O)Cc3ccccc3)nn2)NN1. The van der Waals surface area contributed by atoms with E-state index in [1.54, 1.807) is 19.3 Å². The molecule has 4 N–H and O–H groups in total. The van der Waals surface area contributed by atoms with Crippen LogP contribution in [0.1, 0.15) is 24.1 Å². The van der Waals surface area contributed by atoms with E-state index in [4.69, 9.17) is 0 Å². The van der Waals surface area contributed by atoms with E-state index in [9.17, 15) is 9.59 Å². The highest BCUT2D eigenvalue weighted by Gasteiger charge is 2.15. The van der Waals surface area contributed by atoms with Gasteiger partial charge in [-0.15, -0.1) is 10.6 Å². The Kier molecular flexibility index (Phi) is 7.12. The smallest absolute Gasteiger partial charge is 0.270 e. The minimum Gasteiger partial charge on any atom is -0.354 e. The summed E-state index contributed by atoms with van der Waals surface area (Å²) in [5, 5.41) is 15.4. The van der Waals surface area contributed by atoms with Crippen LogP contribution in [0.4, 0.5) is 5.82 Å². The van der Waals surface area contributed by atoms with Crippen LogP contribution in [0.2, 0.25) is 0 Å². The van der Waals surface area contributed by atoms with Crippen molar-refractivity contribution in [1.29, 1.82) is 0 Å². The predicted octanol–water partition coefficient (Wildman–Crippen LogP) is 0.893. The Morgan fingerprint density at radius 2 is 1.90 bits per heavy atom. The quantitative estimate of drug-likeness (QED) is 0.467. The lowest BCUT2D eigenvalue weighted by Gasteiger charge is -2.14. The van der Waals surface area contributed by atoms with Crippen molar-refractivity contribution in [3.05, 3.63) is 65.6 Å². The molecule has 0 aliphatic carbocycles. The monoisotopic (exact) mass is 395 g/mol. The third-order valence-corrected chi connectivity index (χ3v) is 4.37. The minimum absolute atomic E-state index is 0.117.